The third-order valence-corrected chi connectivity index (χ3v) is 8.44. The maximum Gasteiger partial charge on any atom is 0.490 e. The molecule has 1 amide bonds. The number of amides is 1. The fourth-order valence-corrected chi connectivity index (χ4v) is 6.30. The molecule has 8 N–H and O–H groups in total. The summed E-state index contributed by atoms with van der Waals surface area (Å²) in [6, 6.07) is 0.941. The minimum atomic E-state index is -5.85. The Morgan fingerprint density at radius 2 is 1.92 bits per heavy atom. The summed E-state index contributed by atoms with van der Waals surface area (Å²) < 4.78 is 53.2. The Morgan fingerprint density at radius 1 is 1.27 bits per heavy atom. The third kappa shape index (κ3) is 8.50. The number of aromatic nitrogens is 2. The molecule has 0 spiro atoms. The second-order valence-corrected chi connectivity index (χ2v) is 11.9. The summed E-state index contributed by atoms with van der Waals surface area (Å²) in [7, 11) is -17.2. The average Bonchev–Trinajstić information content (AvgIpc) is 2.99. The molecule has 2 rings (SSSR count). The van der Waals surface area contributed by atoms with Gasteiger partial charge in [0.2, 0.25) is 11.8 Å². The van der Waals surface area contributed by atoms with Gasteiger partial charge in [-0.15, -0.1) is 6.42 Å². The van der Waals surface area contributed by atoms with E-state index in [1.54, 1.807) is 0 Å². The number of hydrogen-bond donors (Lipinski definition) is 8. The highest BCUT2D eigenvalue weighted by Crippen LogP contribution is 2.66. The number of ether oxygens (including phenoxy) is 1. The number of carbonyl (C=O) groups is 1. The van der Waals surface area contributed by atoms with Crippen LogP contribution in [0.3, 0.4) is 0 Å². The van der Waals surface area contributed by atoms with Gasteiger partial charge in [-0.3, -0.25) is 29.0 Å². The van der Waals surface area contributed by atoms with Crippen LogP contribution in [0, 0.1) is 12.3 Å². The maximum absolute atomic E-state index is 12.5. The number of phosphoric ester groups is 1. The van der Waals surface area contributed by atoms with Crippen molar-refractivity contribution >= 4 is 29.4 Å². The largest absolute Gasteiger partial charge is 0.490 e. The predicted octanol–water partition coefficient (Wildman–Crippen LogP) is -2.63. The van der Waals surface area contributed by atoms with Gasteiger partial charge < -0.3 is 34.7 Å². The fraction of sp³-hybridized carbons (Fsp3) is 0.533. The van der Waals surface area contributed by atoms with Crippen molar-refractivity contribution in [2.75, 3.05) is 19.7 Å². The van der Waals surface area contributed by atoms with Gasteiger partial charge in [-0.1, -0.05) is 5.92 Å². The van der Waals surface area contributed by atoms with Gasteiger partial charge in [-0.2, -0.15) is 8.62 Å². The zero-order valence-corrected chi connectivity index (χ0v) is 21.4. The number of nitrogens with zero attached hydrogens (tertiary/aromatic N) is 1. The van der Waals surface area contributed by atoms with E-state index in [2.05, 4.69) is 29.7 Å². The highest BCUT2D eigenvalue weighted by molar-refractivity contribution is 7.66. The first-order valence-corrected chi connectivity index (χ1v) is 14.3. The summed E-state index contributed by atoms with van der Waals surface area (Å²) in [5, 5.41) is 15.8. The highest BCUT2D eigenvalue weighted by Gasteiger charge is 2.58. The Labute approximate surface area is 207 Å². The number of aromatic amines is 1. The van der Waals surface area contributed by atoms with E-state index in [0.717, 1.165) is 23.8 Å². The van der Waals surface area contributed by atoms with Gasteiger partial charge in [0.15, 0.2) is 0 Å². The van der Waals surface area contributed by atoms with Crippen LogP contribution in [-0.2, 0) is 42.2 Å². The summed E-state index contributed by atoms with van der Waals surface area (Å²) in [5.41, 5.74) is -3.98. The molecule has 0 bridgehead atoms. The van der Waals surface area contributed by atoms with Crippen LogP contribution in [0.4, 0.5) is 0 Å². The SMILES string of the molecule is C#CCN[C@]1(n2ccc(=O)[nH]c2=O)C[C@H](O)[C@@](CNC(C)=O)(COP(=O)(O)OP(=O)(O)OP(=O)(O)O)O1. The van der Waals surface area contributed by atoms with Crippen molar-refractivity contribution < 1.29 is 61.1 Å². The van der Waals surface area contributed by atoms with E-state index in [4.69, 9.17) is 20.9 Å². The van der Waals surface area contributed by atoms with Crippen LogP contribution >= 0.6 is 23.5 Å². The molecule has 22 heteroatoms. The summed E-state index contributed by atoms with van der Waals surface area (Å²) in [5.74, 6) is -0.475. The standard InChI is InChI=1S/C15H23N4O15P3/c1-3-5-17-15(19-6-4-12(22)18-13(19)23)7-11(21)14(32-15,8-16-10(2)20)9-31-36(27,28)34-37(29,30)33-35(24,25)26/h1,4,6,11,17,21H,5,7-9H2,2H3,(H,16,20)(H,27,28)(H,29,30)(H,18,22,23)(H2,24,25,26)/t11-,14+,15-/m0/s1. The average molecular weight is 592 g/mol. The smallest absolute Gasteiger partial charge is 0.390 e. The van der Waals surface area contributed by atoms with Crippen molar-refractivity contribution in [2.24, 2.45) is 0 Å². The molecule has 1 aromatic heterocycles. The number of hydrogen-bond acceptors (Lipinski definition) is 12. The summed E-state index contributed by atoms with van der Waals surface area (Å²) >= 11 is 0. The molecule has 19 nitrogen and oxygen atoms in total. The molecule has 0 saturated carbocycles. The Kier molecular flexibility index (Phi) is 9.62. The lowest BCUT2D eigenvalue weighted by atomic mass is 9.97. The van der Waals surface area contributed by atoms with Gasteiger partial charge in [-0.25, -0.2) is 18.5 Å². The Morgan fingerprint density at radius 3 is 2.46 bits per heavy atom. The molecule has 208 valence electrons. The van der Waals surface area contributed by atoms with E-state index in [1.807, 2.05) is 4.98 Å². The molecule has 1 saturated heterocycles. The van der Waals surface area contributed by atoms with Crippen molar-refractivity contribution in [1.29, 1.82) is 0 Å². The zero-order valence-electron chi connectivity index (χ0n) is 18.7. The molecule has 0 radical (unpaired) electrons. The van der Waals surface area contributed by atoms with E-state index in [1.165, 1.54) is 0 Å². The maximum atomic E-state index is 12.5. The number of carbonyl (C=O) groups excluding carboxylic acids is 1. The van der Waals surface area contributed by atoms with Gasteiger partial charge in [-0.05, 0) is 0 Å². The monoisotopic (exact) mass is 592 g/mol. The van der Waals surface area contributed by atoms with E-state index < -0.39 is 77.8 Å². The van der Waals surface area contributed by atoms with E-state index >= 15 is 0 Å². The first-order valence-electron chi connectivity index (χ1n) is 9.76. The van der Waals surface area contributed by atoms with Gasteiger partial charge in [0, 0.05) is 25.6 Å². The van der Waals surface area contributed by atoms with Crippen LogP contribution in [0.15, 0.2) is 21.9 Å². The number of nitrogens with one attached hydrogen (secondary N) is 3. The molecule has 2 unspecified atom stereocenters. The molecular weight excluding hydrogens is 569 g/mol. The molecule has 0 aromatic carbocycles. The fourth-order valence-electron chi connectivity index (χ4n) is 3.22. The normalized spacial score (nSPS) is 27.1. The van der Waals surface area contributed by atoms with Crippen molar-refractivity contribution in [1.82, 2.24) is 20.2 Å². The lowest BCUT2D eigenvalue weighted by molar-refractivity contribution is -0.190. The van der Waals surface area contributed by atoms with Crippen molar-refractivity contribution in [3.8, 4) is 12.3 Å². The molecule has 5 atom stereocenters. The predicted molar refractivity (Wildman–Crippen MR) is 119 cm³/mol. The summed E-state index contributed by atoms with van der Waals surface area (Å²) in [4.78, 5) is 73.9. The topological polar surface area (TPSA) is 285 Å². The van der Waals surface area contributed by atoms with Gasteiger partial charge in [0.1, 0.15) is 5.60 Å². The van der Waals surface area contributed by atoms with Gasteiger partial charge in [0.05, 0.1) is 25.8 Å². The third-order valence-electron chi connectivity index (χ3n) is 4.65. The lowest BCUT2D eigenvalue weighted by Gasteiger charge is -2.36. The number of terminal acetylenes is 1. The van der Waals surface area contributed by atoms with E-state index in [0.29, 0.717) is 0 Å². The number of aliphatic hydroxyl groups excluding tert-OH is 1. The van der Waals surface area contributed by atoms with Crippen molar-refractivity contribution in [3.05, 3.63) is 33.1 Å². The Hall–Kier alpha value is -2.00. The van der Waals surface area contributed by atoms with E-state index in [-0.39, 0.29) is 6.54 Å². The molecule has 0 aliphatic carbocycles. The number of rotatable bonds is 12. The van der Waals surface area contributed by atoms with Crippen molar-refractivity contribution in [3.63, 3.8) is 0 Å². The molecule has 1 aliphatic rings. The van der Waals surface area contributed by atoms with Crippen LogP contribution in [0.1, 0.15) is 13.3 Å². The minimum absolute atomic E-state index is 0.273. The van der Waals surface area contributed by atoms with Crippen LogP contribution in [0.25, 0.3) is 0 Å². The molecule has 1 aromatic rings. The van der Waals surface area contributed by atoms with Crippen molar-refractivity contribution in [2.45, 2.75) is 30.9 Å². The molecule has 2 heterocycles. The first-order chi connectivity index (χ1) is 16.8. The number of phosphoric acid groups is 3. The van der Waals surface area contributed by atoms with Crippen LogP contribution in [0.5, 0.6) is 0 Å². The molecule has 1 fully saturated rings. The lowest BCUT2D eigenvalue weighted by Crippen LogP contribution is -2.57. The quantitative estimate of drug-likeness (QED) is 0.0910. The molecular formula is C15H23N4O15P3. The highest BCUT2D eigenvalue weighted by atomic mass is 31.3. The van der Waals surface area contributed by atoms with Gasteiger partial charge in [0.25, 0.3) is 5.56 Å². The summed E-state index contributed by atoms with van der Waals surface area (Å²) in [6.07, 6.45) is 4.00. The zero-order chi connectivity index (χ0) is 28.3. The molecule has 1 aliphatic heterocycles. The second kappa shape index (κ2) is 11.4. The second-order valence-electron chi connectivity index (χ2n) is 7.48. The number of aliphatic hydroxyl groups is 1. The van der Waals surface area contributed by atoms with Gasteiger partial charge >= 0.3 is 29.2 Å². The minimum Gasteiger partial charge on any atom is -0.390 e. The summed E-state index contributed by atoms with van der Waals surface area (Å²) in [6.45, 7) is -1.02. The first kappa shape index (κ1) is 31.2. The van der Waals surface area contributed by atoms with E-state index in [9.17, 15) is 43.0 Å². The number of H-pyrrole nitrogens is 1. The van der Waals surface area contributed by atoms with Crippen LogP contribution in [-0.4, -0.2) is 71.5 Å². The Bertz CT molecular complexity index is 1320. The Balaban J connectivity index is 2.44. The van der Waals surface area contributed by atoms with Crippen LogP contribution in [0.2, 0.25) is 0 Å². The van der Waals surface area contributed by atoms with Crippen LogP contribution < -0.4 is 21.9 Å². The molecule has 37 heavy (non-hydrogen) atoms.